The second-order valence-electron chi connectivity index (χ2n) is 4.03. The first-order chi connectivity index (χ1) is 7.79. The Labute approximate surface area is 101 Å². The SMILES string of the molecule is Fc1ccc(N2CCN(CCS)CC2)cc1. The van der Waals surface area contributed by atoms with Gasteiger partial charge in [0.05, 0.1) is 0 Å². The number of benzene rings is 1. The number of halogens is 1. The predicted molar refractivity (Wildman–Crippen MR) is 68.9 cm³/mol. The van der Waals surface area contributed by atoms with Crippen LogP contribution in [0.5, 0.6) is 0 Å². The van der Waals surface area contributed by atoms with Gasteiger partial charge in [-0.2, -0.15) is 12.6 Å². The van der Waals surface area contributed by atoms with Gasteiger partial charge in [-0.3, -0.25) is 4.90 Å². The van der Waals surface area contributed by atoms with E-state index in [1.165, 1.54) is 12.1 Å². The van der Waals surface area contributed by atoms with Crippen molar-refractivity contribution in [2.24, 2.45) is 0 Å². The predicted octanol–water partition coefficient (Wildman–Crippen LogP) is 1.88. The molecule has 0 radical (unpaired) electrons. The lowest BCUT2D eigenvalue weighted by atomic mass is 10.2. The van der Waals surface area contributed by atoms with E-state index >= 15 is 0 Å². The minimum atomic E-state index is -0.169. The summed E-state index contributed by atoms with van der Waals surface area (Å²) in [4.78, 5) is 4.71. The van der Waals surface area contributed by atoms with E-state index in [2.05, 4.69) is 22.4 Å². The molecule has 2 rings (SSSR count). The topological polar surface area (TPSA) is 6.48 Å². The number of thiol groups is 1. The fourth-order valence-corrected chi connectivity index (χ4v) is 2.31. The molecule has 1 saturated heterocycles. The highest BCUT2D eigenvalue weighted by Crippen LogP contribution is 2.16. The lowest BCUT2D eigenvalue weighted by Gasteiger charge is -2.35. The Bertz CT molecular complexity index is 320. The smallest absolute Gasteiger partial charge is 0.123 e. The van der Waals surface area contributed by atoms with Crippen LogP contribution in [-0.2, 0) is 0 Å². The van der Waals surface area contributed by atoms with Crippen molar-refractivity contribution in [2.45, 2.75) is 0 Å². The van der Waals surface area contributed by atoms with Crippen LogP contribution in [0.3, 0.4) is 0 Å². The van der Waals surface area contributed by atoms with Gasteiger partial charge in [0.1, 0.15) is 5.82 Å². The Hall–Kier alpha value is -0.740. The van der Waals surface area contributed by atoms with Crippen molar-refractivity contribution in [3.05, 3.63) is 30.1 Å². The molecule has 0 amide bonds. The minimum Gasteiger partial charge on any atom is -0.369 e. The van der Waals surface area contributed by atoms with Gasteiger partial charge >= 0.3 is 0 Å². The molecule has 4 heteroatoms. The molecule has 1 aliphatic rings. The fourth-order valence-electron chi connectivity index (χ4n) is 2.02. The molecule has 0 unspecified atom stereocenters. The number of nitrogens with zero attached hydrogens (tertiary/aromatic N) is 2. The van der Waals surface area contributed by atoms with E-state index in [0.29, 0.717) is 0 Å². The Balaban J connectivity index is 1.91. The highest BCUT2D eigenvalue weighted by molar-refractivity contribution is 7.80. The summed E-state index contributed by atoms with van der Waals surface area (Å²) in [5.41, 5.74) is 1.12. The zero-order valence-electron chi connectivity index (χ0n) is 9.27. The molecule has 1 aromatic carbocycles. The summed E-state index contributed by atoms with van der Waals surface area (Å²) in [6, 6.07) is 6.75. The molecular formula is C12H17FN2S. The van der Waals surface area contributed by atoms with Crippen LogP contribution in [0.25, 0.3) is 0 Å². The summed E-state index contributed by atoms with van der Waals surface area (Å²) in [5, 5.41) is 0. The molecule has 1 aromatic rings. The summed E-state index contributed by atoms with van der Waals surface area (Å²) in [6.07, 6.45) is 0. The Kier molecular flexibility index (Phi) is 4.07. The van der Waals surface area contributed by atoms with Crippen LogP contribution < -0.4 is 4.90 Å². The number of rotatable bonds is 3. The lowest BCUT2D eigenvalue weighted by molar-refractivity contribution is 0.273. The van der Waals surface area contributed by atoms with E-state index < -0.39 is 0 Å². The minimum absolute atomic E-state index is 0.169. The van der Waals surface area contributed by atoms with E-state index in [4.69, 9.17) is 0 Å². The van der Waals surface area contributed by atoms with Gasteiger partial charge in [0.25, 0.3) is 0 Å². The molecule has 0 atom stereocenters. The van der Waals surface area contributed by atoms with Crippen LogP contribution >= 0.6 is 12.6 Å². The Morgan fingerprint density at radius 3 is 2.25 bits per heavy atom. The number of piperazine rings is 1. The van der Waals surface area contributed by atoms with Crippen molar-refractivity contribution >= 4 is 18.3 Å². The van der Waals surface area contributed by atoms with E-state index in [-0.39, 0.29) is 5.82 Å². The maximum Gasteiger partial charge on any atom is 0.123 e. The molecule has 88 valence electrons. The zero-order chi connectivity index (χ0) is 11.4. The molecule has 0 spiro atoms. The van der Waals surface area contributed by atoms with Gasteiger partial charge in [-0.25, -0.2) is 4.39 Å². The van der Waals surface area contributed by atoms with Crippen molar-refractivity contribution in [3.8, 4) is 0 Å². The highest BCUT2D eigenvalue weighted by Gasteiger charge is 2.16. The maximum atomic E-state index is 12.8. The van der Waals surface area contributed by atoms with Crippen LogP contribution in [0.1, 0.15) is 0 Å². The van der Waals surface area contributed by atoms with Crippen molar-refractivity contribution in [2.75, 3.05) is 43.4 Å². The summed E-state index contributed by atoms with van der Waals surface area (Å²) < 4.78 is 12.8. The fraction of sp³-hybridized carbons (Fsp3) is 0.500. The molecule has 1 heterocycles. The summed E-state index contributed by atoms with van der Waals surface area (Å²) >= 11 is 4.24. The van der Waals surface area contributed by atoms with Crippen molar-refractivity contribution < 1.29 is 4.39 Å². The summed E-state index contributed by atoms with van der Waals surface area (Å²) in [5.74, 6) is 0.744. The molecule has 2 nitrogen and oxygen atoms in total. The molecule has 0 aliphatic carbocycles. The van der Waals surface area contributed by atoms with E-state index in [1.54, 1.807) is 0 Å². The van der Waals surface area contributed by atoms with Gasteiger partial charge in [-0.15, -0.1) is 0 Å². The average molecular weight is 240 g/mol. The van der Waals surface area contributed by atoms with Crippen molar-refractivity contribution in [1.29, 1.82) is 0 Å². The van der Waals surface area contributed by atoms with Gasteiger partial charge in [-0.05, 0) is 24.3 Å². The second-order valence-corrected chi connectivity index (χ2v) is 4.48. The van der Waals surface area contributed by atoms with Crippen LogP contribution in [-0.4, -0.2) is 43.4 Å². The average Bonchev–Trinajstić information content (AvgIpc) is 2.32. The molecule has 0 saturated carbocycles. The standard InChI is InChI=1S/C12H17FN2S/c13-11-1-3-12(4-2-11)15-7-5-14(6-8-15)9-10-16/h1-4,16H,5-10H2. The van der Waals surface area contributed by atoms with Gasteiger partial charge < -0.3 is 4.90 Å². The molecule has 1 fully saturated rings. The lowest BCUT2D eigenvalue weighted by Crippen LogP contribution is -2.46. The molecule has 1 aliphatic heterocycles. The van der Waals surface area contributed by atoms with E-state index in [0.717, 1.165) is 44.2 Å². The van der Waals surface area contributed by atoms with Crippen LogP contribution in [0.2, 0.25) is 0 Å². The second kappa shape index (κ2) is 5.55. The monoisotopic (exact) mass is 240 g/mol. The highest BCUT2D eigenvalue weighted by atomic mass is 32.1. The summed E-state index contributed by atoms with van der Waals surface area (Å²) in [6.45, 7) is 5.22. The van der Waals surface area contributed by atoms with Gasteiger partial charge in [0, 0.05) is 44.2 Å². The zero-order valence-corrected chi connectivity index (χ0v) is 10.2. The third-order valence-electron chi connectivity index (χ3n) is 2.98. The maximum absolute atomic E-state index is 12.8. The van der Waals surface area contributed by atoms with E-state index in [9.17, 15) is 4.39 Å². The van der Waals surface area contributed by atoms with E-state index in [1.807, 2.05) is 12.1 Å². The summed E-state index contributed by atoms with van der Waals surface area (Å²) in [7, 11) is 0. The first-order valence-electron chi connectivity index (χ1n) is 5.63. The normalized spacial score (nSPS) is 17.8. The molecule has 16 heavy (non-hydrogen) atoms. The molecule has 0 N–H and O–H groups in total. The number of anilines is 1. The Morgan fingerprint density at radius 1 is 1.06 bits per heavy atom. The largest absolute Gasteiger partial charge is 0.369 e. The quantitative estimate of drug-likeness (QED) is 0.806. The first-order valence-corrected chi connectivity index (χ1v) is 6.26. The Morgan fingerprint density at radius 2 is 1.69 bits per heavy atom. The van der Waals surface area contributed by atoms with Crippen molar-refractivity contribution in [1.82, 2.24) is 4.90 Å². The van der Waals surface area contributed by atoms with Gasteiger partial charge in [-0.1, -0.05) is 0 Å². The third-order valence-corrected chi connectivity index (χ3v) is 3.18. The van der Waals surface area contributed by atoms with Gasteiger partial charge in [0.15, 0.2) is 0 Å². The molecular weight excluding hydrogens is 223 g/mol. The molecule has 0 bridgehead atoms. The van der Waals surface area contributed by atoms with Crippen molar-refractivity contribution in [3.63, 3.8) is 0 Å². The van der Waals surface area contributed by atoms with Crippen LogP contribution in [0.4, 0.5) is 10.1 Å². The third kappa shape index (κ3) is 2.89. The first kappa shape index (κ1) is 11.7. The van der Waals surface area contributed by atoms with Gasteiger partial charge in [0.2, 0.25) is 0 Å². The number of hydrogen-bond acceptors (Lipinski definition) is 3. The van der Waals surface area contributed by atoms with Crippen LogP contribution in [0.15, 0.2) is 24.3 Å². The van der Waals surface area contributed by atoms with Crippen LogP contribution in [0, 0.1) is 5.82 Å². The number of hydrogen-bond donors (Lipinski definition) is 1. The molecule has 0 aromatic heterocycles.